The van der Waals surface area contributed by atoms with Gasteiger partial charge in [-0.1, -0.05) is 55.5 Å². The second-order valence-corrected chi connectivity index (χ2v) is 6.67. The Labute approximate surface area is 152 Å². The highest BCUT2D eigenvalue weighted by Crippen LogP contribution is 2.25. The number of nitrogens with zero attached hydrogens (tertiary/aromatic N) is 2. The first-order valence-corrected chi connectivity index (χ1v) is 8.58. The van der Waals surface area contributed by atoms with Gasteiger partial charge in [0.25, 0.3) is 6.43 Å². The van der Waals surface area contributed by atoms with Crippen molar-refractivity contribution in [3.63, 3.8) is 0 Å². The van der Waals surface area contributed by atoms with Gasteiger partial charge in [0, 0.05) is 0 Å². The zero-order valence-electron chi connectivity index (χ0n) is 14.1. The largest absolute Gasteiger partial charge is 0.445 e. The molecule has 2 aromatic rings. The second kappa shape index (κ2) is 9.18. The third-order valence-electron chi connectivity index (χ3n) is 3.29. The van der Waals surface area contributed by atoms with Crippen LogP contribution in [-0.2, 0) is 16.1 Å². The van der Waals surface area contributed by atoms with Crippen LogP contribution in [0.5, 0.6) is 0 Å². The summed E-state index contributed by atoms with van der Waals surface area (Å²) < 4.78 is 30.1. The van der Waals surface area contributed by atoms with E-state index in [4.69, 9.17) is 4.74 Å². The van der Waals surface area contributed by atoms with E-state index < -0.39 is 29.5 Å². The van der Waals surface area contributed by atoms with Gasteiger partial charge in [-0.05, 0) is 11.5 Å². The minimum absolute atomic E-state index is 0.0598. The van der Waals surface area contributed by atoms with Crippen LogP contribution in [0.15, 0.2) is 30.3 Å². The minimum Gasteiger partial charge on any atom is -0.445 e. The van der Waals surface area contributed by atoms with Crippen molar-refractivity contribution >= 4 is 28.5 Å². The minimum atomic E-state index is -2.76. The summed E-state index contributed by atoms with van der Waals surface area (Å²) in [6.07, 6.45) is -3.52. The van der Waals surface area contributed by atoms with Crippen LogP contribution in [0.3, 0.4) is 0 Å². The van der Waals surface area contributed by atoms with E-state index in [1.165, 1.54) is 0 Å². The SMILES string of the molecule is CC(C)[C@H](NC(=O)OCc1ccccc1)C(=O)Nc1nnc(C(F)F)s1. The average molecular weight is 384 g/mol. The Balaban J connectivity index is 1.91. The van der Waals surface area contributed by atoms with Gasteiger partial charge in [-0.2, -0.15) is 0 Å². The van der Waals surface area contributed by atoms with Crippen LogP contribution in [0.2, 0.25) is 0 Å². The molecule has 0 unspecified atom stereocenters. The molecule has 2 N–H and O–H groups in total. The number of anilines is 1. The number of benzene rings is 1. The topological polar surface area (TPSA) is 93.2 Å². The molecule has 2 rings (SSSR count). The first-order valence-electron chi connectivity index (χ1n) is 7.76. The van der Waals surface area contributed by atoms with E-state index in [0.29, 0.717) is 11.3 Å². The molecule has 7 nitrogen and oxygen atoms in total. The molecule has 1 atom stereocenters. The lowest BCUT2D eigenvalue weighted by molar-refractivity contribution is -0.119. The van der Waals surface area contributed by atoms with E-state index >= 15 is 0 Å². The normalized spacial score (nSPS) is 12.1. The van der Waals surface area contributed by atoms with Gasteiger partial charge < -0.3 is 10.1 Å². The second-order valence-electron chi connectivity index (χ2n) is 5.66. The molecular formula is C16H18F2N4O3S. The fraction of sp³-hybridized carbons (Fsp3) is 0.375. The zero-order chi connectivity index (χ0) is 19.1. The Bertz CT molecular complexity index is 740. The molecule has 1 aromatic heterocycles. The molecule has 26 heavy (non-hydrogen) atoms. The van der Waals surface area contributed by atoms with E-state index in [0.717, 1.165) is 5.56 Å². The van der Waals surface area contributed by atoms with Crippen LogP contribution in [0.1, 0.15) is 30.8 Å². The summed E-state index contributed by atoms with van der Waals surface area (Å²) in [7, 11) is 0. The molecule has 10 heteroatoms. The molecule has 0 aliphatic heterocycles. The van der Waals surface area contributed by atoms with Crippen molar-refractivity contribution in [3.05, 3.63) is 40.9 Å². The molecular weight excluding hydrogens is 366 g/mol. The summed E-state index contributed by atoms with van der Waals surface area (Å²) in [6.45, 7) is 3.52. The average Bonchev–Trinajstić information content (AvgIpc) is 3.07. The summed E-state index contributed by atoms with van der Waals surface area (Å²) in [5, 5.41) is 11.1. The number of hydrogen-bond donors (Lipinski definition) is 2. The fourth-order valence-electron chi connectivity index (χ4n) is 1.98. The Hall–Kier alpha value is -2.62. The summed E-state index contributed by atoms with van der Waals surface area (Å²) in [6, 6.07) is 8.16. The molecule has 2 amide bonds. The number of carbonyl (C=O) groups is 2. The zero-order valence-corrected chi connectivity index (χ0v) is 14.9. The van der Waals surface area contributed by atoms with Crippen molar-refractivity contribution in [1.29, 1.82) is 0 Å². The predicted molar refractivity (Wildman–Crippen MR) is 91.9 cm³/mol. The van der Waals surface area contributed by atoms with E-state index in [1.807, 2.05) is 18.2 Å². The monoisotopic (exact) mass is 384 g/mol. The third-order valence-corrected chi connectivity index (χ3v) is 4.14. The van der Waals surface area contributed by atoms with Crippen LogP contribution in [0, 0.1) is 5.92 Å². The summed E-state index contributed by atoms with van der Waals surface area (Å²) in [5.41, 5.74) is 0.807. The number of alkyl halides is 2. The maximum Gasteiger partial charge on any atom is 0.408 e. The number of alkyl carbamates (subject to hydrolysis) is 1. The molecule has 1 heterocycles. The first-order chi connectivity index (χ1) is 12.4. The van der Waals surface area contributed by atoms with Gasteiger partial charge in [-0.15, -0.1) is 10.2 Å². The van der Waals surface area contributed by atoms with E-state index in [2.05, 4.69) is 20.8 Å². The Morgan fingerprint density at radius 1 is 1.19 bits per heavy atom. The molecule has 0 saturated carbocycles. The highest BCUT2D eigenvalue weighted by molar-refractivity contribution is 7.15. The summed E-state index contributed by atoms with van der Waals surface area (Å²) in [5.74, 6) is -0.851. The van der Waals surface area contributed by atoms with Gasteiger partial charge in [0.05, 0.1) is 0 Å². The molecule has 1 aromatic carbocycles. The Kier molecular flexibility index (Phi) is 6.96. The van der Waals surface area contributed by atoms with Crippen LogP contribution >= 0.6 is 11.3 Å². The van der Waals surface area contributed by atoms with Gasteiger partial charge in [-0.3, -0.25) is 10.1 Å². The lowest BCUT2D eigenvalue weighted by Crippen LogP contribution is -2.47. The van der Waals surface area contributed by atoms with Crippen molar-refractivity contribution in [2.75, 3.05) is 5.32 Å². The highest BCUT2D eigenvalue weighted by Gasteiger charge is 2.26. The van der Waals surface area contributed by atoms with Crippen molar-refractivity contribution < 1.29 is 23.1 Å². The fourth-order valence-corrected chi connectivity index (χ4v) is 2.59. The molecule has 0 bridgehead atoms. The summed E-state index contributed by atoms with van der Waals surface area (Å²) in [4.78, 5) is 24.3. The number of amides is 2. The number of ether oxygens (including phenoxy) is 1. The van der Waals surface area contributed by atoms with E-state index in [-0.39, 0.29) is 17.7 Å². The predicted octanol–water partition coefficient (Wildman–Crippen LogP) is 3.37. The number of aromatic nitrogens is 2. The number of carbonyl (C=O) groups excluding carboxylic acids is 2. The molecule has 0 saturated heterocycles. The van der Waals surface area contributed by atoms with E-state index in [9.17, 15) is 18.4 Å². The van der Waals surface area contributed by atoms with Crippen LogP contribution < -0.4 is 10.6 Å². The van der Waals surface area contributed by atoms with Crippen LogP contribution in [0.4, 0.5) is 18.7 Å². The van der Waals surface area contributed by atoms with Crippen molar-refractivity contribution in [3.8, 4) is 0 Å². The van der Waals surface area contributed by atoms with Gasteiger partial charge in [0.1, 0.15) is 12.6 Å². The smallest absolute Gasteiger partial charge is 0.408 e. The first kappa shape index (κ1) is 19.7. The molecule has 0 aliphatic rings. The maximum atomic E-state index is 12.5. The van der Waals surface area contributed by atoms with E-state index in [1.54, 1.807) is 26.0 Å². The van der Waals surface area contributed by atoms with Gasteiger partial charge >= 0.3 is 6.09 Å². The molecule has 0 spiro atoms. The lowest BCUT2D eigenvalue weighted by Gasteiger charge is -2.20. The molecule has 0 radical (unpaired) electrons. The lowest BCUT2D eigenvalue weighted by atomic mass is 10.0. The Morgan fingerprint density at radius 3 is 2.46 bits per heavy atom. The van der Waals surface area contributed by atoms with Crippen molar-refractivity contribution in [2.45, 2.75) is 32.9 Å². The van der Waals surface area contributed by atoms with Crippen molar-refractivity contribution in [1.82, 2.24) is 15.5 Å². The number of halogens is 2. The quantitative estimate of drug-likeness (QED) is 0.763. The van der Waals surface area contributed by atoms with Crippen LogP contribution in [-0.4, -0.2) is 28.2 Å². The maximum absolute atomic E-state index is 12.5. The third kappa shape index (κ3) is 5.73. The van der Waals surface area contributed by atoms with Gasteiger partial charge in [0.15, 0.2) is 5.01 Å². The highest BCUT2D eigenvalue weighted by atomic mass is 32.1. The number of nitrogens with one attached hydrogen (secondary N) is 2. The standard InChI is InChI=1S/C16H18F2N4O3S/c1-9(2)11(13(23)20-15-22-21-14(26-15)12(17)18)19-16(24)25-8-10-6-4-3-5-7-10/h3-7,9,11-12H,8H2,1-2H3,(H,19,24)(H,20,22,23)/t11-/m0/s1. The Morgan fingerprint density at radius 2 is 1.88 bits per heavy atom. The molecule has 0 aliphatic carbocycles. The van der Waals surface area contributed by atoms with Gasteiger partial charge in [0.2, 0.25) is 11.0 Å². The summed E-state index contributed by atoms with van der Waals surface area (Å²) >= 11 is 0.577. The number of rotatable bonds is 7. The molecule has 140 valence electrons. The molecule has 0 fully saturated rings. The van der Waals surface area contributed by atoms with Gasteiger partial charge in [-0.25, -0.2) is 13.6 Å². The van der Waals surface area contributed by atoms with Crippen molar-refractivity contribution in [2.24, 2.45) is 5.92 Å². The number of hydrogen-bond acceptors (Lipinski definition) is 6. The van der Waals surface area contributed by atoms with Crippen LogP contribution in [0.25, 0.3) is 0 Å².